The van der Waals surface area contributed by atoms with Gasteiger partial charge in [-0.25, -0.2) is 4.79 Å². The Morgan fingerprint density at radius 2 is 1.68 bits per heavy atom. The minimum atomic E-state index is -0.726. The number of aliphatic hydroxyl groups excluding tert-OH is 1. The van der Waals surface area contributed by atoms with Crippen molar-refractivity contribution >= 4 is 24.0 Å². The third kappa shape index (κ3) is 5.80. The molecule has 2 fully saturated rings. The lowest BCUT2D eigenvalue weighted by Crippen LogP contribution is -2.60. The molecule has 40 heavy (non-hydrogen) atoms. The largest absolute Gasteiger partial charge is 0.461 e. The van der Waals surface area contributed by atoms with Crippen LogP contribution in [-0.2, 0) is 28.6 Å². The van der Waals surface area contributed by atoms with Crippen LogP contribution in [0, 0.1) is 22.7 Å². The molecular weight excluding hydrogens is 508 g/mol. The molecule has 7 atom stereocenters. The number of fused-ring (bicyclic) bond motifs is 3. The summed E-state index contributed by atoms with van der Waals surface area (Å²) in [5.74, 6) is -2.24. The Kier molecular flexibility index (Phi) is 8.46. The molecule has 216 valence electrons. The third-order valence-corrected chi connectivity index (χ3v) is 9.20. The zero-order chi connectivity index (χ0) is 29.4. The van der Waals surface area contributed by atoms with Gasteiger partial charge in [-0.1, -0.05) is 63.3 Å². The maximum Gasteiger partial charge on any atom is 0.331 e. The quantitative estimate of drug-likeness (QED) is 0.221. The molecule has 7 nitrogen and oxygen atoms in total. The van der Waals surface area contributed by atoms with Crippen LogP contribution in [0.4, 0.5) is 0 Å². The van der Waals surface area contributed by atoms with Gasteiger partial charge in [0.2, 0.25) is 0 Å². The summed E-state index contributed by atoms with van der Waals surface area (Å²) in [5.41, 5.74) is 2.27. The molecule has 2 saturated carbocycles. The second-order valence-corrected chi connectivity index (χ2v) is 12.5. The van der Waals surface area contributed by atoms with Gasteiger partial charge < -0.3 is 19.3 Å². The number of carbonyl (C=O) groups is 3. The predicted octanol–water partition coefficient (Wildman–Crippen LogP) is 5.57. The van der Waals surface area contributed by atoms with Crippen LogP contribution >= 0.6 is 0 Å². The van der Waals surface area contributed by atoms with Crippen molar-refractivity contribution in [2.45, 2.75) is 91.6 Å². The Morgan fingerprint density at radius 1 is 1.02 bits per heavy atom. The Labute approximate surface area is 237 Å². The molecule has 0 amide bonds. The van der Waals surface area contributed by atoms with Crippen LogP contribution in [0.25, 0.3) is 6.08 Å². The van der Waals surface area contributed by atoms with Crippen molar-refractivity contribution in [1.29, 1.82) is 0 Å². The van der Waals surface area contributed by atoms with Crippen molar-refractivity contribution in [2.75, 3.05) is 0 Å². The van der Waals surface area contributed by atoms with Crippen LogP contribution in [0.3, 0.4) is 0 Å². The van der Waals surface area contributed by atoms with Gasteiger partial charge in [0.1, 0.15) is 18.3 Å². The lowest BCUT2D eigenvalue weighted by atomic mass is 9.50. The topological polar surface area (TPSA) is 99.1 Å². The summed E-state index contributed by atoms with van der Waals surface area (Å²) < 4.78 is 17.9. The van der Waals surface area contributed by atoms with E-state index in [9.17, 15) is 19.5 Å². The molecule has 4 rings (SSSR count). The van der Waals surface area contributed by atoms with Gasteiger partial charge in [0.25, 0.3) is 0 Å². The molecule has 3 aliphatic rings. The molecule has 1 aromatic carbocycles. The van der Waals surface area contributed by atoms with E-state index in [1.54, 1.807) is 6.08 Å². The van der Waals surface area contributed by atoms with Crippen molar-refractivity contribution in [2.24, 2.45) is 22.7 Å². The lowest BCUT2D eigenvalue weighted by molar-refractivity contribution is -0.183. The number of ether oxygens (including phenoxy) is 3. The van der Waals surface area contributed by atoms with E-state index in [1.165, 1.54) is 19.9 Å². The Bertz CT molecular complexity index is 1230. The zero-order valence-electron chi connectivity index (χ0n) is 24.4. The predicted molar refractivity (Wildman–Crippen MR) is 152 cm³/mol. The molecular formula is C33H42O7. The van der Waals surface area contributed by atoms with Crippen LogP contribution in [0.1, 0.15) is 72.8 Å². The molecule has 0 spiro atoms. The molecule has 3 aliphatic carbocycles. The van der Waals surface area contributed by atoms with E-state index in [0.29, 0.717) is 31.3 Å². The standard InChI is InChI=1S/C33H42O7/c1-19-17-26(40-27(37)14-13-23-11-9-8-10-12-23)30-31(39-22(4)35)29-20(2)25(38-21(3)34)15-16-33(29,7)18-24(36)28(19)32(30,5)6/h8-14,24-26,29-31,36H,2,15-18H2,1,3-7H3/b14-13+/t24-,25-,26-,29-,30-,31-,33-/m0/s1. The van der Waals surface area contributed by atoms with Crippen LogP contribution in [0.5, 0.6) is 0 Å². The highest BCUT2D eigenvalue weighted by Crippen LogP contribution is 2.60. The zero-order valence-corrected chi connectivity index (χ0v) is 24.4. The fourth-order valence-electron chi connectivity index (χ4n) is 7.81. The van der Waals surface area contributed by atoms with Gasteiger partial charge in [0.05, 0.1) is 6.10 Å². The first-order chi connectivity index (χ1) is 18.7. The molecule has 1 aromatic rings. The molecule has 7 heteroatoms. The normalized spacial score (nSPS) is 33.4. The van der Waals surface area contributed by atoms with Crippen LogP contribution in [-0.4, -0.2) is 47.4 Å². The van der Waals surface area contributed by atoms with Gasteiger partial charge in [0.15, 0.2) is 0 Å². The Hall–Kier alpha value is -3.19. The van der Waals surface area contributed by atoms with Gasteiger partial charge >= 0.3 is 17.9 Å². The minimum absolute atomic E-state index is 0.402. The van der Waals surface area contributed by atoms with E-state index >= 15 is 0 Å². The summed E-state index contributed by atoms with van der Waals surface area (Å²) >= 11 is 0. The summed E-state index contributed by atoms with van der Waals surface area (Å²) in [6.07, 6.45) is 2.62. The highest BCUT2D eigenvalue weighted by molar-refractivity contribution is 5.87. The van der Waals surface area contributed by atoms with Gasteiger partial charge in [-0.15, -0.1) is 0 Å². The summed E-state index contributed by atoms with van der Waals surface area (Å²) in [7, 11) is 0. The van der Waals surface area contributed by atoms with Gasteiger partial charge in [-0.3, -0.25) is 9.59 Å². The number of esters is 3. The van der Waals surface area contributed by atoms with Gasteiger partial charge in [0, 0.05) is 38.2 Å². The van der Waals surface area contributed by atoms with Crippen molar-refractivity contribution in [3.8, 4) is 0 Å². The number of benzene rings is 1. The fraction of sp³-hybridized carbons (Fsp3) is 0.545. The number of rotatable bonds is 5. The van der Waals surface area contributed by atoms with Gasteiger partial charge in [-0.2, -0.15) is 0 Å². The Morgan fingerprint density at radius 3 is 2.30 bits per heavy atom. The van der Waals surface area contributed by atoms with Crippen molar-refractivity contribution < 1.29 is 33.7 Å². The highest BCUT2D eigenvalue weighted by Gasteiger charge is 2.60. The first-order valence-corrected chi connectivity index (χ1v) is 14.1. The van der Waals surface area contributed by atoms with Crippen LogP contribution < -0.4 is 0 Å². The monoisotopic (exact) mass is 550 g/mol. The van der Waals surface area contributed by atoms with E-state index in [-0.39, 0.29) is 0 Å². The van der Waals surface area contributed by atoms with Gasteiger partial charge in [-0.05, 0) is 59.8 Å². The van der Waals surface area contributed by atoms with Crippen LogP contribution in [0.15, 0.2) is 59.7 Å². The molecule has 0 aromatic heterocycles. The summed E-state index contributed by atoms with van der Waals surface area (Å²) in [6, 6.07) is 9.49. The highest BCUT2D eigenvalue weighted by atomic mass is 16.6. The molecule has 1 N–H and O–H groups in total. The van der Waals surface area contributed by atoms with E-state index in [0.717, 1.165) is 16.7 Å². The van der Waals surface area contributed by atoms with E-state index in [4.69, 9.17) is 14.2 Å². The third-order valence-electron chi connectivity index (χ3n) is 9.20. The molecule has 0 radical (unpaired) electrons. The average Bonchev–Trinajstić information content (AvgIpc) is 2.83. The lowest BCUT2D eigenvalue weighted by Gasteiger charge is -2.58. The molecule has 0 aliphatic heterocycles. The number of carbonyl (C=O) groups excluding carboxylic acids is 3. The average molecular weight is 551 g/mol. The second-order valence-electron chi connectivity index (χ2n) is 12.5. The van der Waals surface area contributed by atoms with E-state index < -0.39 is 65.0 Å². The number of hydrogen-bond acceptors (Lipinski definition) is 7. The maximum absolute atomic E-state index is 13.1. The smallest absolute Gasteiger partial charge is 0.331 e. The van der Waals surface area contributed by atoms with Crippen LogP contribution in [0.2, 0.25) is 0 Å². The maximum atomic E-state index is 13.1. The number of aliphatic hydroxyl groups is 1. The molecule has 0 saturated heterocycles. The fourth-order valence-corrected chi connectivity index (χ4v) is 7.81. The SMILES string of the molecule is C=C1[C@@H](OC(C)=O)CC[C@@]2(C)C[C@H](O)C3=C(C)C[C@H](OC(=O)/C=C/c4ccccc4)[C@@H]([C@@H](OC(C)=O)[C@H]12)C3(C)C. The number of hydrogen-bond donors (Lipinski definition) is 1. The molecule has 0 unspecified atom stereocenters. The van der Waals surface area contributed by atoms with E-state index in [2.05, 4.69) is 13.5 Å². The summed E-state index contributed by atoms with van der Waals surface area (Å²) in [6.45, 7) is 15.2. The summed E-state index contributed by atoms with van der Waals surface area (Å²) in [5, 5.41) is 11.7. The minimum Gasteiger partial charge on any atom is -0.461 e. The summed E-state index contributed by atoms with van der Waals surface area (Å²) in [4.78, 5) is 37.7. The van der Waals surface area contributed by atoms with Crippen molar-refractivity contribution in [3.05, 3.63) is 65.3 Å². The first-order valence-electron chi connectivity index (χ1n) is 14.1. The first kappa shape index (κ1) is 29.8. The Balaban J connectivity index is 1.80. The van der Waals surface area contributed by atoms with E-state index in [1.807, 2.05) is 51.1 Å². The molecule has 2 bridgehead atoms. The van der Waals surface area contributed by atoms with Crippen molar-refractivity contribution in [3.63, 3.8) is 0 Å². The van der Waals surface area contributed by atoms with Crippen molar-refractivity contribution in [1.82, 2.24) is 0 Å². The molecule has 0 heterocycles. The second kappa shape index (κ2) is 11.4.